The minimum Gasteiger partial charge on any atom is -0.497 e. The number of nitriles is 1. The number of ether oxygens (including phenoxy) is 1. The second kappa shape index (κ2) is 4.24. The molecule has 80 valence electrons. The standard InChI is InChI=1S/C14H13NO/c1-10(9-15)13-5-3-4-11-8-12(16-2)6-7-14(11)13/h3-8,10H,1-2H3/t10-/m1/s1. The molecule has 0 saturated heterocycles. The van der Waals surface area contributed by atoms with Crippen LogP contribution in [-0.2, 0) is 0 Å². The molecule has 2 nitrogen and oxygen atoms in total. The van der Waals surface area contributed by atoms with Gasteiger partial charge in [0.05, 0.1) is 19.1 Å². The van der Waals surface area contributed by atoms with E-state index in [4.69, 9.17) is 10.00 Å². The average molecular weight is 211 g/mol. The summed E-state index contributed by atoms with van der Waals surface area (Å²) in [5.74, 6) is 0.756. The molecule has 0 aliphatic heterocycles. The highest BCUT2D eigenvalue weighted by molar-refractivity contribution is 5.87. The molecule has 0 spiro atoms. The predicted octanol–water partition coefficient (Wildman–Crippen LogP) is 3.48. The van der Waals surface area contributed by atoms with E-state index >= 15 is 0 Å². The largest absolute Gasteiger partial charge is 0.497 e. The van der Waals surface area contributed by atoms with Gasteiger partial charge in [-0.05, 0) is 35.4 Å². The molecule has 0 aliphatic carbocycles. The van der Waals surface area contributed by atoms with Crippen molar-refractivity contribution in [1.29, 1.82) is 5.26 Å². The molecule has 2 aromatic carbocycles. The first-order chi connectivity index (χ1) is 7.76. The Kier molecular flexibility index (Phi) is 2.78. The zero-order valence-electron chi connectivity index (χ0n) is 9.40. The second-order valence-electron chi connectivity index (χ2n) is 3.79. The van der Waals surface area contributed by atoms with Gasteiger partial charge in [0.2, 0.25) is 0 Å². The van der Waals surface area contributed by atoms with Crippen molar-refractivity contribution in [1.82, 2.24) is 0 Å². The molecule has 0 unspecified atom stereocenters. The number of hydrogen-bond donors (Lipinski definition) is 0. The molecule has 2 heteroatoms. The highest BCUT2D eigenvalue weighted by atomic mass is 16.5. The third kappa shape index (κ3) is 1.72. The molecule has 0 radical (unpaired) electrons. The quantitative estimate of drug-likeness (QED) is 0.761. The SMILES string of the molecule is COc1ccc2c([C@H](C)C#N)cccc2c1. The minimum atomic E-state index is -0.0860. The molecule has 0 fully saturated rings. The van der Waals surface area contributed by atoms with Crippen LogP contribution in [0.1, 0.15) is 18.4 Å². The summed E-state index contributed by atoms with van der Waals surface area (Å²) in [5, 5.41) is 11.2. The first-order valence-corrected chi connectivity index (χ1v) is 5.22. The Morgan fingerprint density at radius 2 is 2.06 bits per heavy atom. The van der Waals surface area contributed by atoms with Crippen LogP contribution in [0.3, 0.4) is 0 Å². The van der Waals surface area contributed by atoms with E-state index in [2.05, 4.69) is 6.07 Å². The van der Waals surface area contributed by atoms with Gasteiger partial charge in [-0.25, -0.2) is 0 Å². The molecule has 0 aliphatic rings. The number of methoxy groups -OCH3 is 1. The van der Waals surface area contributed by atoms with Crippen LogP contribution in [-0.4, -0.2) is 7.11 Å². The molecule has 2 rings (SSSR count). The fraction of sp³-hybridized carbons (Fsp3) is 0.214. The summed E-state index contributed by atoms with van der Waals surface area (Å²) in [5.41, 5.74) is 1.07. The van der Waals surface area contributed by atoms with Crippen molar-refractivity contribution in [2.24, 2.45) is 0 Å². The summed E-state index contributed by atoms with van der Waals surface area (Å²) in [4.78, 5) is 0. The molecule has 0 N–H and O–H groups in total. The van der Waals surface area contributed by atoms with Crippen molar-refractivity contribution >= 4 is 10.8 Å². The fourth-order valence-electron chi connectivity index (χ4n) is 1.86. The van der Waals surface area contributed by atoms with Crippen LogP contribution in [0.5, 0.6) is 5.75 Å². The lowest BCUT2D eigenvalue weighted by atomic mass is 9.96. The zero-order valence-corrected chi connectivity index (χ0v) is 9.40. The molecule has 1 atom stereocenters. The van der Waals surface area contributed by atoms with Crippen LogP contribution in [0.4, 0.5) is 0 Å². The third-order valence-electron chi connectivity index (χ3n) is 2.78. The Morgan fingerprint density at radius 3 is 2.75 bits per heavy atom. The van der Waals surface area contributed by atoms with E-state index in [1.165, 1.54) is 0 Å². The van der Waals surface area contributed by atoms with E-state index in [9.17, 15) is 0 Å². The van der Waals surface area contributed by atoms with Gasteiger partial charge in [-0.15, -0.1) is 0 Å². The summed E-state index contributed by atoms with van der Waals surface area (Å²) in [7, 11) is 1.66. The summed E-state index contributed by atoms with van der Waals surface area (Å²) in [6.45, 7) is 1.92. The first-order valence-electron chi connectivity index (χ1n) is 5.22. The maximum Gasteiger partial charge on any atom is 0.119 e. The average Bonchev–Trinajstić information content (AvgIpc) is 2.36. The van der Waals surface area contributed by atoms with E-state index in [0.717, 1.165) is 22.1 Å². The van der Waals surface area contributed by atoms with Gasteiger partial charge >= 0.3 is 0 Å². The lowest BCUT2D eigenvalue weighted by Gasteiger charge is -2.09. The van der Waals surface area contributed by atoms with Gasteiger partial charge in [0.15, 0.2) is 0 Å². The van der Waals surface area contributed by atoms with E-state index in [1.807, 2.05) is 43.3 Å². The summed E-state index contributed by atoms with van der Waals surface area (Å²) >= 11 is 0. The van der Waals surface area contributed by atoms with E-state index < -0.39 is 0 Å². The Morgan fingerprint density at radius 1 is 1.25 bits per heavy atom. The monoisotopic (exact) mass is 211 g/mol. The van der Waals surface area contributed by atoms with Crippen molar-refractivity contribution in [2.45, 2.75) is 12.8 Å². The highest BCUT2D eigenvalue weighted by Crippen LogP contribution is 2.27. The second-order valence-corrected chi connectivity index (χ2v) is 3.79. The van der Waals surface area contributed by atoms with E-state index in [-0.39, 0.29) is 5.92 Å². The Labute approximate surface area is 95.1 Å². The Balaban J connectivity index is 2.66. The van der Waals surface area contributed by atoms with Crippen LogP contribution in [0, 0.1) is 11.3 Å². The number of nitrogens with zero attached hydrogens (tertiary/aromatic N) is 1. The molecular formula is C14H13NO. The molecule has 0 saturated carbocycles. The van der Waals surface area contributed by atoms with E-state index in [0.29, 0.717) is 0 Å². The van der Waals surface area contributed by atoms with Gasteiger partial charge in [-0.2, -0.15) is 5.26 Å². The van der Waals surface area contributed by atoms with Gasteiger partial charge < -0.3 is 4.74 Å². The maximum atomic E-state index is 8.97. The van der Waals surface area contributed by atoms with Gasteiger partial charge in [0, 0.05) is 0 Å². The molecule has 0 bridgehead atoms. The summed E-state index contributed by atoms with van der Waals surface area (Å²) in [6.07, 6.45) is 0. The highest BCUT2D eigenvalue weighted by Gasteiger charge is 2.08. The maximum absolute atomic E-state index is 8.97. The van der Waals surface area contributed by atoms with Crippen LogP contribution >= 0.6 is 0 Å². The molecule has 0 heterocycles. The van der Waals surface area contributed by atoms with Gasteiger partial charge in [-0.3, -0.25) is 0 Å². The van der Waals surface area contributed by atoms with Crippen molar-refractivity contribution in [3.8, 4) is 11.8 Å². The minimum absolute atomic E-state index is 0.0860. The van der Waals surface area contributed by atoms with Crippen LogP contribution in [0.15, 0.2) is 36.4 Å². The van der Waals surface area contributed by atoms with Gasteiger partial charge in [0.1, 0.15) is 5.75 Å². The number of fused-ring (bicyclic) bond motifs is 1. The van der Waals surface area contributed by atoms with Crippen LogP contribution < -0.4 is 4.74 Å². The lowest BCUT2D eigenvalue weighted by molar-refractivity contribution is 0.415. The fourth-order valence-corrected chi connectivity index (χ4v) is 1.86. The van der Waals surface area contributed by atoms with Crippen molar-refractivity contribution in [3.05, 3.63) is 42.0 Å². The third-order valence-corrected chi connectivity index (χ3v) is 2.78. The Bertz CT molecular complexity index is 554. The lowest BCUT2D eigenvalue weighted by Crippen LogP contribution is -1.91. The van der Waals surface area contributed by atoms with Crippen LogP contribution in [0.25, 0.3) is 10.8 Å². The molecule has 2 aromatic rings. The Hall–Kier alpha value is -2.01. The van der Waals surface area contributed by atoms with E-state index in [1.54, 1.807) is 7.11 Å². The number of hydrogen-bond acceptors (Lipinski definition) is 2. The van der Waals surface area contributed by atoms with Crippen molar-refractivity contribution in [3.63, 3.8) is 0 Å². The number of benzene rings is 2. The van der Waals surface area contributed by atoms with Crippen molar-refractivity contribution < 1.29 is 4.74 Å². The van der Waals surface area contributed by atoms with Crippen LogP contribution in [0.2, 0.25) is 0 Å². The zero-order chi connectivity index (χ0) is 11.5. The van der Waals surface area contributed by atoms with Gasteiger partial charge in [0.25, 0.3) is 0 Å². The van der Waals surface area contributed by atoms with Gasteiger partial charge in [-0.1, -0.05) is 24.3 Å². The molecular weight excluding hydrogens is 198 g/mol. The summed E-state index contributed by atoms with van der Waals surface area (Å²) < 4.78 is 5.18. The number of rotatable bonds is 2. The summed E-state index contributed by atoms with van der Waals surface area (Å²) in [6, 6.07) is 14.2. The molecule has 16 heavy (non-hydrogen) atoms. The smallest absolute Gasteiger partial charge is 0.119 e. The molecule has 0 amide bonds. The topological polar surface area (TPSA) is 33.0 Å². The van der Waals surface area contributed by atoms with Crippen molar-refractivity contribution in [2.75, 3.05) is 7.11 Å². The predicted molar refractivity (Wildman–Crippen MR) is 64.5 cm³/mol. The normalized spacial score (nSPS) is 12.1. The first kappa shape index (κ1) is 10.5. The molecule has 0 aromatic heterocycles.